The van der Waals surface area contributed by atoms with Crippen LogP contribution in [0.4, 0.5) is 0 Å². The molecule has 0 amide bonds. The van der Waals surface area contributed by atoms with Crippen LogP contribution < -0.4 is 9.05 Å². The molecule has 0 spiro atoms. The molecule has 0 aliphatic carbocycles. The molecule has 0 aliphatic rings. The van der Waals surface area contributed by atoms with Crippen LogP contribution in [-0.4, -0.2) is 6.16 Å². The second kappa shape index (κ2) is 10.6. The monoisotopic (exact) mass is 630 g/mol. The lowest BCUT2D eigenvalue weighted by atomic mass is 10.3. The quantitative estimate of drug-likeness (QED) is 0.180. The molecule has 0 aromatic heterocycles. The van der Waals surface area contributed by atoms with Crippen molar-refractivity contribution in [2.75, 3.05) is 6.16 Å². The van der Waals surface area contributed by atoms with Gasteiger partial charge in [0.05, 0.1) is 36.3 Å². The summed E-state index contributed by atoms with van der Waals surface area (Å²) in [5.74, 6) is -0.761. The van der Waals surface area contributed by atoms with Crippen LogP contribution in [0.15, 0.2) is 0 Å². The summed E-state index contributed by atoms with van der Waals surface area (Å²) in [6.45, 7) is 3.55. The first kappa shape index (κ1) is 27.4. The van der Waals surface area contributed by atoms with E-state index < -0.39 is 7.60 Å². The van der Waals surface area contributed by atoms with E-state index in [1.807, 2.05) is 0 Å². The van der Waals surface area contributed by atoms with Gasteiger partial charge in [-0.3, -0.25) is 0 Å². The molecular weight excluding hydrogens is 626 g/mol. The number of hydrogen-bond donors (Lipinski definition) is 0. The molecule has 0 fully saturated rings. The van der Waals surface area contributed by atoms with Gasteiger partial charge in [-0.15, -0.1) is 0 Å². The molecule has 2 aromatic carbocycles. The molecule has 2 rings (SSSR count). The fourth-order valence-electron chi connectivity index (χ4n) is 2.15. The van der Waals surface area contributed by atoms with Gasteiger partial charge in [0.25, 0.3) is 0 Å². The highest BCUT2D eigenvalue weighted by Gasteiger charge is 2.36. The smallest absolute Gasteiger partial charge is 0.413 e. The Bertz CT molecular complexity index is 923. The highest BCUT2D eigenvalue weighted by molar-refractivity contribution is 7.54. The Morgan fingerprint density at radius 2 is 0.800 bits per heavy atom. The van der Waals surface area contributed by atoms with Crippen molar-refractivity contribution in [1.29, 1.82) is 0 Å². The number of hydrogen-bond acceptors (Lipinski definition) is 3. The van der Waals surface area contributed by atoms with E-state index in [0.717, 1.165) is 0 Å². The molecule has 0 radical (unpaired) electrons. The molecule has 3 nitrogen and oxygen atoms in total. The topological polar surface area (TPSA) is 35.5 Å². The third kappa shape index (κ3) is 5.62. The van der Waals surface area contributed by atoms with Crippen LogP contribution in [0.2, 0.25) is 50.2 Å². The van der Waals surface area contributed by atoms with Crippen molar-refractivity contribution in [3.05, 3.63) is 50.2 Å². The predicted octanol–water partition coefficient (Wildman–Crippen LogP) is 11.5. The first-order valence-electron chi connectivity index (χ1n) is 7.72. The van der Waals surface area contributed by atoms with Gasteiger partial charge in [0, 0.05) is 0 Å². The molecule has 0 saturated carbocycles. The summed E-state index contributed by atoms with van der Waals surface area (Å²) in [4.78, 5) is 0. The SMILES string of the molecule is CC(C)CP(=O)(Oc1c(Cl)c(Cl)c(Cl)c(Cl)c1Cl)Oc1c(Cl)c(Cl)c(Cl)c(Cl)c1Cl. The molecule has 166 valence electrons. The third-order valence-electron chi connectivity index (χ3n) is 3.39. The first-order chi connectivity index (χ1) is 13.7. The number of benzene rings is 2. The fourth-order valence-corrected chi connectivity index (χ4v) is 6.76. The second-order valence-electron chi connectivity index (χ2n) is 6.17. The Labute approximate surface area is 223 Å². The van der Waals surface area contributed by atoms with E-state index in [4.69, 9.17) is 125 Å². The summed E-state index contributed by atoms with van der Waals surface area (Å²) < 4.78 is 24.9. The lowest BCUT2D eigenvalue weighted by Gasteiger charge is -2.25. The Morgan fingerprint density at radius 3 is 1.03 bits per heavy atom. The van der Waals surface area contributed by atoms with Crippen LogP contribution in [-0.2, 0) is 4.57 Å². The second-order valence-corrected chi connectivity index (χ2v) is 11.9. The van der Waals surface area contributed by atoms with E-state index in [1.54, 1.807) is 13.8 Å². The van der Waals surface area contributed by atoms with Crippen molar-refractivity contribution in [2.24, 2.45) is 5.92 Å². The van der Waals surface area contributed by atoms with Gasteiger partial charge in [-0.05, 0) is 5.92 Å². The van der Waals surface area contributed by atoms with E-state index in [2.05, 4.69) is 0 Å². The molecule has 2 aromatic rings. The maximum absolute atomic E-state index is 13.7. The number of rotatable bonds is 6. The maximum atomic E-state index is 13.7. The van der Waals surface area contributed by atoms with E-state index in [-0.39, 0.29) is 73.8 Å². The lowest BCUT2D eigenvalue weighted by molar-refractivity contribution is 0.379. The molecule has 0 N–H and O–H groups in total. The molecule has 30 heavy (non-hydrogen) atoms. The third-order valence-corrected chi connectivity index (χ3v) is 9.97. The van der Waals surface area contributed by atoms with Crippen molar-refractivity contribution >= 4 is 124 Å². The van der Waals surface area contributed by atoms with Gasteiger partial charge >= 0.3 is 7.60 Å². The van der Waals surface area contributed by atoms with Crippen LogP contribution >= 0.6 is 124 Å². The zero-order valence-electron chi connectivity index (χ0n) is 14.7. The summed E-state index contributed by atoms with van der Waals surface area (Å²) >= 11 is 60.9. The van der Waals surface area contributed by atoms with Crippen LogP contribution in [0.1, 0.15) is 13.8 Å². The van der Waals surface area contributed by atoms with E-state index in [9.17, 15) is 4.57 Å². The summed E-state index contributed by atoms with van der Waals surface area (Å²) in [6.07, 6.45) is -0.109. The normalized spacial score (nSPS) is 11.9. The first-order valence-corrected chi connectivity index (χ1v) is 13.2. The minimum Gasteiger partial charge on any atom is -0.413 e. The van der Waals surface area contributed by atoms with Crippen LogP contribution in [0.5, 0.6) is 11.5 Å². The molecule has 14 heteroatoms. The van der Waals surface area contributed by atoms with Crippen LogP contribution in [0.25, 0.3) is 0 Å². The van der Waals surface area contributed by atoms with Crippen LogP contribution in [0.3, 0.4) is 0 Å². The largest absolute Gasteiger partial charge is 0.431 e. The van der Waals surface area contributed by atoms with Crippen molar-refractivity contribution in [3.8, 4) is 11.5 Å². The standard InChI is InChI=1S/C16H9Cl10O3P/c1-4(2)3-30(27,28-15-11(23)7(19)5(17)8(20)12(15)24)29-16-13(25)9(21)6(18)10(22)14(16)26/h4H,3H2,1-2H3. The Morgan fingerprint density at radius 1 is 0.567 bits per heavy atom. The van der Waals surface area contributed by atoms with Gasteiger partial charge in [-0.25, -0.2) is 4.57 Å². The summed E-state index contributed by atoms with van der Waals surface area (Å²) in [6, 6.07) is 0. The minimum absolute atomic E-state index is 0.0948. The highest BCUT2D eigenvalue weighted by Crippen LogP contribution is 2.59. The summed E-state index contributed by atoms with van der Waals surface area (Å²) in [5, 5.41) is -1.63. The molecule has 0 aliphatic heterocycles. The van der Waals surface area contributed by atoms with Gasteiger partial charge in [0.15, 0.2) is 11.5 Å². The van der Waals surface area contributed by atoms with Gasteiger partial charge in [-0.1, -0.05) is 130 Å². The van der Waals surface area contributed by atoms with Gasteiger partial charge in [0.2, 0.25) is 0 Å². The Balaban J connectivity index is 2.64. The van der Waals surface area contributed by atoms with E-state index >= 15 is 0 Å². The predicted molar refractivity (Wildman–Crippen MR) is 132 cm³/mol. The molecule has 0 heterocycles. The van der Waals surface area contributed by atoms with Crippen molar-refractivity contribution in [3.63, 3.8) is 0 Å². The van der Waals surface area contributed by atoms with Gasteiger partial charge in [-0.2, -0.15) is 0 Å². The average molecular weight is 635 g/mol. The zero-order chi connectivity index (χ0) is 23.1. The highest BCUT2D eigenvalue weighted by atomic mass is 35.5. The average Bonchev–Trinajstić information content (AvgIpc) is 2.68. The molecule has 0 atom stereocenters. The zero-order valence-corrected chi connectivity index (χ0v) is 23.2. The summed E-state index contributed by atoms with van der Waals surface area (Å²) in [7, 11) is -4.10. The minimum atomic E-state index is -4.10. The molecule has 0 saturated heterocycles. The Kier molecular flexibility index (Phi) is 9.70. The van der Waals surface area contributed by atoms with Crippen LogP contribution in [0, 0.1) is 5.92 Å². The number of halogens is 10. The van der Waals surface area contributed by atoms with Crippen molar-refractivity contribution in [1.82, 2.24) is 0 Å². The molecule has 0 bridgehead atoms. The van der Waals surface area contributed by atoms with E-state index in [1.165, 1.54) is 0 Å². The lowest BCUT2D eigenvalue weighted by Crippen LogP contribution is -2.10. The van der Waals surface area contributed by atoms with Gasteiger partial charge < -0.3 is 9.05 Å². The Hall–Kier alpha value is 1.17. The van der Waals surface area contributed by atoms with Crippen molar-refractivity contribution < 1.29 is 13.6 Å². The molecule has 0 unspecified atom stereocenters. The van der Waals surface area contributed by atoms with Gasteiger partial charge in [0.1, 0.15) is 20.1 Å². The molecular formula is C16H9Cl10O3P. The fraction of sp³-hybridized carbons (Fsp3) is 0.250. The maximum Gasteiger partial charge on any atom is 0.431 e. The summed E-state index contributed by atoms with van der Waals surface area (Å²) in [5.41, 5.74) is 0. The van der Waals surface area contributed by atoms with E-state index in [0.29, 0.717) is 0 Å². The van der Waals surface area contributed by atoms with Crippen molar-refractivity contribution in [2.45, 2.75) is 13.8 Å².